The quantitative estimate of drug-likeness (QED) is 0.299. The fraction of sp³-hybridized carbons (Fsp3) is 0.674. The van der Waals surface area contributed by atoms with Gasteiger partial charge in [0.25, 0.3) is 0 Å². The number of benzene rings is 2. The van der Waals surface area contributed by atoms with E-state index in [0.717, 1.165) is 96.3 Å². The van der Waals surface area contributed by atoms with Crippen LogP contribution in [0.2, 0.25) is 0 Å². The van der Waals surface area contributed by atoms with Crippen molar-refractivity contribution in [2.24, 2.45) is 0 Å². The van der Waals surface area contributed by atoms with Crippen LogP contribution in [-0.2, 0) is 32.0 Å². The van der Waals surface area contributed by atoms with Gasteiger partial charge in [-0.2, -0.15) is 0 Å². The van der Waals surface area contributed by atoms with Crippen molar-refractivity contribution >= 4 is 33.8 Å². The molecular formula is C43H68BrN5O6. The standard InChI is InChI=1S/C21H33N3O3.C17H25BrN2O2.C5H10O/c1-17-5-6-19(23-11-13-26-14-12-23)18(15-17)16-22-7-9-24(10-8-22)20(25)27-21(2,3)4;1-13-5-6-15(18)14(11-13)12-19-7-9-20(10-8-19)16(21)22-17(2,3)4;1-2-4-6-5-3-1/h5-6,15H,7-14,16H2,1-4H3;5-6,11H,7-10,12H2,1-4H3;1-5H2. The number of halogens is 1. The van der Waals surface area contributed by atoms with Crippen LogP contribution in [0.25, 0.3) is 0 Å². The molecule has 2 aromatic rings. The number of nitrogens with zero attached hydrogens (tertiary/aromatic N) is 5. The Kier molecular flexibility index (Phi) is 17.6. The molecule has 6 rings (SSSR count). The van der Waals surface area contributed by atoms with Gasteiger partial charge >= 0.3 is 12.2 Å². The van der Waals surface area contributed by atoms with Crippen LogP contribution in [-0.4, -0.2) is 135 Å². The van der Waals surface area contributed by atoms with E-state index in [4.69, 9.17) is 18.9 Å². The second-order valence-corrected chi connectivity index (χ2v) is 17.8. The number of morpholine rings is 1. The van der Waals surface area contributed by atoms with Crippen molar-refractivity contribution in [3.05, 3.63) is 63.1 Å². The third-order valence-electron chi connectivity index (χ3n) is 9.70. The lowest BCUT2D eigenvalue weighted by molar-refractivity contribution is 0.0129. The van der Waals surface area contributed by atoms with Crippen LogP contribution in [0.4, 0.5) is 15.3 Å². The van der Waals surface area contributed by atoms with E-state index in [1.54, 1.807) is 4.90 Å². The fourth-order valence-corrected chi connectivity index (χ4v) is 7.15. The first-order chi connectivity index (χ1) is 26.1. The summed E-state index contributed by atoms with van der Waals surface area (Å²) in [5, 5.41) is 0. The van der Waals surface area contributed by atoms with Gasteiger partial charge in [-0.3, -0.25) is 9.80 Å². The Hall–Kier alpha value is -2.90. The van der Waals surface area contributed by atoms with E-state index < -0.39 is 11.2 Å². The van der Waals surface area contributed by atoms with Crippen LogP contribution >= 0.6 is 15.9 Å². The highest BCUT2D eigenvalue weighted by atomic mass is 79.9. The largest absolute Gasteiger partial charge is 0.444 e. The van der Waals surface area contributed by atoms with E-state index in [1.807, 2.05) is 46.4 Å². The zero-order valence-corrected chi connectivity index (χ0v) is 36.5. The van der Waals surface area contributed by atoms with Gasteiger partial charge < -0.3 is 33.6 Å². The van der Waals surface area contributed by atoms with Gasteiger partial charge in [-0.25, -0.2) is 9.59 Å². The monoisotopic (exact) mass is 829 g/mol. The molecule has 2 amide bonds. The smallest absolute Gasteiger partial charge is 0.410 e. The van der Waals surface area contributed by atoms with Crippen LogP contribution in [0.3, 0.4) is 0 Å². The molecule has 0 bridgehead atoms. The highest BCUT2D eigenvalue weighted by Gasteiger charge is 2.28. The average Bonchev–Trinajstić information content (AvgIpc) is 3.14. The molecule has 4 heterocycles. The van der Waals surface area contributed by atoms with Gasteiger partial charge in [0.15, 0.2) is 0 Å². The van der Waals surface area contributed by atoms with E-state index in [2.05, 4.69) is 80.9 Å². The number of ether oxygens (including phenoxy) is 4. The molecule has 4 aliphatic heterocycles. The SMILES string of the molecule is C1CCOCC1.Cc1ccc(Br)c(CN2CCN(C(=O)OC(C)(C)C)CC2)c1.Cc1ccc(N2CCOCC2)c(CN2CCN(C(=O)OC(C)(C)C)CC2)c1. The minimum absolute atomic E-state index is 0.202. The molecule has 2 aromatic carbocycles. The Bertz CT molecular complexity index is 1470. The highest BCUT2D eigenvalue weighted by Crippen LogP contribution is 2.26. The van der Waals surface area contributed by atoms with Crippen molar-refractivity contribution < 1.29 is 28.5 Å². The Balaban J connectivity index is 0.000000215. The van der Waals surface area contributed by atoms with E-state index in [1.165, 1.54) is 47.2 Å². The lowest BCUT2D eigenvalue weighted by Crippen LogP contribution is -2.49. The zero-order chi connectivity index (χ0) is 40.0. The molecule has 0 aromatic heterocycles. The average molecular weight is 831 g/mol. The van der Waals surface area contributed by atoms with Gasteiger partial charge in [-0.15, -0.1) is 0 Å². The first kappa shape index (κ1) is 44.8. The van der Waals surface area contributed by atoms with Crippen molar-refractivity contribution in [2.45, 2.75) is 98.9 Å². The lowest BCUT2D eigenvalue weighted by atomic mass is 10.1. The summed E-state index contributed by atoms with van der Waals surface area (Å²) in [4.78, 5) is 35.2. The zero-order valence-electron chi connectivity index (χ0n) is 35.0. The van der Waals surface area contributed by atoms with E-state index in [9.17, 15) is 9.59 Å². The van der Waals surface area contributed by atoms with Crippen molar-refractivity contribution in [3.63, 3.8) is 0 Å². The number of piperazine rings is 2. The molecule has 11 nitrogen and oxygen atoms in total. The molecule has 0 aliphatic carbocycles. The number of hydrogen-bond acceptors (Lipinski definition) is 9. The molecule has 0 atom stereocenters. The number of rotatable bonds is 5. The highest BCUT2D eigenvalue weighted by molar-refractivity contribution is 9.10. The van der Waals surface area contributed by atoms with E-state index in [0.29, 0.717) is 13.1 Å². The molecule has 308 valence electrons. The Morgan fingerprint density at radius 2 is 1.04 bits per heavy atom. The number of anilines is 1. The first-order valence-electron chi connectivity index (χ1n) is 20.2. The Labute approximate surface area is 339 Å². The molecule has 0 saturated carbocycles. The first-order valence-corrected chi connectivity index (χ1v) is 21.0. The Morgan fingerprint density at radius 3 is 1.47 bits per heavy atom. The van der Waals surface area contributed by atoms with Crippen molar-refractivity contribution in [3.8, 4) is 0 Å². The number of carbonyl (C=O) groups is 2. The van der Waals surface area contributed by atoms with Gasteiger partial charge in [0.2, 0.25) is 0 Å². The third-order valence-corrected chi connectivity index (χ3v) is 10.5. The molecule has 4 aliphatic rings. The normalized spacial score (nSPS) is 18.7. The predicted octanol–water partition coefficient (Wildman–Crippen LogP) is 7.88. The maximum atomic E-state index is 12.3. The summed E-state index contributed by atoms with van der Waals surface area (Å²) in [6, 6.07) is 13.1. The summed E-state index contributed by atoms with van der Waals surface area (Å²) in [7, 11) is 0. The van der Waals surface area contributed by atoms with Crippen LogP contribution in [0, 0.1) is 13.8 Å². The van der Waals surface area contributed by atoms with Crippen molar-refractivity contribution in [1.29, 1.82) is 0 Å². The van der Waals surface area contributed by atoms with Gasteiger partial charge in [-0.05, 0) is 97.9 Å². The van der Waals surface area contributed by atoms with Crippen molar-refractivity contribution in [1.82, 2.24) is 19.6 Å². The molecule has 0 N–H and O–H groups in total. The molecule has 55 heavy (non-hydrogen) atoms. The van der Waals surface area contributed by atoms with E-state index >= 15 is 0 Å². The van der Waals surface area contributed by atoms with Crippen LogP contribution in [0.5, 0.6) is 0 Å². The molecule has 4 saturated heterocycles. The van der Waals surface area contributed by atoms with Gasteiger partial charge in [0.1, 0.15) is 11.2 Å². The van der Waals surface area contributed by atoms with E-state index in [-0.39, 0.29) is 12.2 Å². The topological polar surface area (TPSA) is 87.3 Å². The third kappa shape index (κ3) is 16.2. The second kappa shape index (κ2) is 21.6. The van der Waals surface area contributed by atoms with Crippen LogP contribution in [0.1, 0.15) is 83.1 Å². The molecule has 0 unspecified atom stereocenters. The summed E-state index contributed by atoms with van der Waals surface area (Å²) < 4.78 is 22.6. The molecular weight excluding hydrogens is 762 g/mol. The number of hydrogen-bond donors (Lipinski definition) is 0. The summed E-state index contributed by atoms with van der Waals surface area (Å²) in [5.74, 6) is 0. The summed E-state index contributed by atoms with van der Waals surface area (Å²) in [5.41, 5.74) is 5.66. The van der Waals surface area contributed by atoms with Gasteiger partial charge in [0.05, 0.1) is 13.2 Å². The minimum Gasteiger partial charge on any atom is -0.444 e. The summed E-state index contributed by atoms with van der Waals surface area (Å²) in [6.45, 7) is 29.3. The molecule has 4 fully saturated rings. The summed E-state index contributed by atoms with van der Waals surface area (Å²) >= 11 is 3.61. The van der Waals surface area contributed by atoms with Crippen LogP contribution in [0.15, 0.2) is 40.9 Å². The number of amides is 2. The lowest BCUT2D eigenvalue weighted by Gasteiger charge is -2.37. The molecule has 0 radical (unpaired) electrons. The fourth-order valence-electron chi connectivity index (χ4n) is 6.78. The maximum Gasteiger partial charge on any atom is 0.410 e. The Morgan fingerprint density at radius 1 is 0.600 bits per heavy atom. The predicted molar refractivity (Wildman–Crippen MR) is 224 cm³/mol. The number of aryl methyl sites for hydroxylation is 2. The number of carbonyl (C=O) groups excluding carboxylic acids is 2. The summed E-state index contributed by atoms with van der Waals surface area (Å²) in [6.07, 6.45) is 3.52. The second-order valence-electron chi connectivity index (χ2n) is 17.0. The minimum atomic E-state index is -0.442. The van der Waals surface area contributed by atoms with Crippen molar-refractivity contribution in [2.75, 3.05) is 96.8 Å². The van der Waals surface area contributed by atoms with Crippen LogP contribution < -0.4 is 4.90 Å². The van der Waals surface area contributed by atoms with Gasteiger partial charge in [-0.1, -0.05) is 51.3 Å². The van der Waals surface area contributed by atoms with Gasteiger partial charge in [0, 0.05) is 102 Å². The molecule has 12 heteroatoms. The maximum absolute atomic E-state index is 12.3. The molecule has 0 spiro atoms.